The molecule has 0 bridgehead atoms. The van der Waals surface area contributed by atoms with E-state index >= 15 is 0 Å². The van der Waals surface area contributed by atoms with Crippen molar-refractivity contribution in [3.05, 3.63) is 23.4 Å². The molecule has 1 N–H and O–H groups in total. The zero-order chi connectivity index (χ0) is 13.9. The molecule has 0 amide bonds. The Bertz CT molecular complexity index is 575. The number of hydrogen-bond donors (Lipinski definition) is 1. The molecule has 1 aliphatic rings. The summed E-state index contributed by atoms with van der Waals surface area (Å²) in [5, 5.41) is 15.9. The lowest BCUT2D eigenvalue weighted by atomic mass is 10.1. The molecule has 2 aromatic rings. The summed E-state index contributed by atoms with van der Waals surface area (Å²) in [5.74, 6) is 3.38. The van der Waals surface area contributed by atoms with Gasteiger partial charge in [0.1, 0.15) is 5.82 Å². The van der Waals surface area contributed by atoms with E-state index in [0.29, 0.717) is 24.4 Å². The van der Waals surface area contributed by atoms with E-state index in [2.05, 4.69) is 32.5 Å². The predicted octanol–water partition coefficient (Wildman–Crippen LogP) is 0.890. The second kappa shape index (κ2) is 5.70. The molecule has 0 fully saturated rings. The van der Waals surface area contributed by atoms with Gasteiger partial charge >= 0.3 is 0 Å². The van der Waals surface area contributed by atoms with E-state index in [9.17, 15) is 0 Å². The molecular weight excluding hydrogens is 256 g/mol. The highest BCUT2D eigenvalue weighted by molar-refractivity contribution is 4.98. The lowest BCUT2D eigenvalue weighted by molar-refractivity contribution is 0.338. The summed E-state index contributed by atoms with van der Waals surface area (Å²) < 4.78 is 7.51. The zero-order valence-corrected chi connectivity index (χ0v) is 12.0. The third-order valence-electron chi connectivity index (χ3n) is 3.57. The number of fused-ring (bicyclic) bond motifs is 1. The lowest BCUT2D eigenvalue weighted by Crippen LogP contribution is -2.37. The van der Waals surface area contributed by atoms with Crippen LogP contribution >= 0.6 is 0 Å². The van der Waals surface area contributed by atoms with Crippen LogP contribution < -0.4 is 5.32 Å². The Morgan fingerprint density at radius 3 is 2.85 bits per heavy atom. The molecule has 0 radical (unpaired) electrons. The maximum Gasteiger partial charge on any atom is 0.230 e. The average molecular weight is 276 g/mol. The Balaban J connectivity index is 1.57. The van der Waals surface area contributed by atoms with Gasteiger partial charge in [0.05, 0.1) is 13.1 Å². The Morgan fingerprint density at radius 1 is 1.25 bits per heavy atom. The highest BCUT2D eigenvalue weighted by Gasteiger charge is 2.21. The molecule has 7 heteroatoms. The van der Waals surface area contributed by atoms with Crippen molar-refractivity contribution in [2.24, 2.45) is 0 Å². The third-order valence-corrected chi connectivity index (χ3v) is 3.57. The molecule has 7 nitrogen and oxygen atoms in total. The number of aromatic nitrogens is 5. The second-order valence-corrected chi connectivity index (χ2v) is 5.04. The van der Waals surface area contributed by atoms with E-state index in [0.717, 1.165) is 43.9 Å². The van der Waals surface area contributed by atoms with E-state index in [1.54, 1.807) is 0 Å². The first-order chi connectivity index (χ1) is 9.78. The summed E-state index contributed by atoms with van der Waals surface area (Å²) in [5.41, 5.74) is 0. The Kier molecular flexibility index (Phi) is 3.77. The largest absolute Gasteiger partial charge is 0.424 e. The van der Waals surface area contributed by atoms with Crippen LogP contribution in [0.2, 0.25) is 0 Å². The maximum absolute atomic E-state index is 5.50. The molecule has 20 heavy (non-hydrogen) atoms. The van der Waals surface area contributed by atoms with Crippen molar-refractivity contribution < 1.29 is 4.42 Å². The molecular formula is C13H20N6O. The van der Waals surface area contributed by atoms with Crippen molar-refractivity contribution in [3.8, 4) is 0 Å². The Labute approximate surface area is 117 Å². The van der Waals surface area contributed by atoms with E-state index in [4.69, 9.17) is 4.42 Å². The van der Waals surface area contributed by atoms with Gasteiger partial charge in [0, 0.05) is 25.3 Å². The first-order valence-electron chi connectivity index (χ1n) is 7.25. The van der Waals surface area contributed by atoms with Crippen LogP contribution in [0.4, 0.5) is 0 Å². The summed E-state index contributed by atoms with van der Waals surface area (Å²) in [7, 11) is 0. The topological polar surface area (TPSA) is 81.7 Å². The monoisotopic (exact) mass is 276 g/mol. The zero-order valence-electron chi connectivity index (χ0n) is 12.0. The minimum absolute atomic E-state index is 0.380. The van der Waals surface area contributed by atoms with E-state index in [-0.39, 0.29) is 0 Å². The van der Waals surface area contributed by atoms with Gasteiger partial charge in [-0.1, -0.05) is 13.8 Å². The van der Waals surface area contributed by atoms with Crippen LogP contribution in [0.25, 0.3) is 0 Å². The average Bonchev–Trinajstić information content (AvgIpc) is 3.10. The van der Waals surface area contributed by atoms with Crippen molar-refractivity contribution in [3.63, 3.8) is 0 Å². The fourth-order valence-electron chi connectivity index (χ4n) is 2.41. The number of nitrogens with one attached hydrogen (secondary N) is 1. The van der Waals surface area contributed by atoms with Crippen LogP contribution in [0.5, 0.6) is 0 Å². The Hall–Kier alpha value is -1.76. The summed E-state index contributed by atoms with van der Waals surface area (Å²) in [6.45, 7) is 5.56. The summed E-state index contributed by atoms with van der Waals surface area (Å²) in [6.07, 6.45) is 3.70. The van der Waals surface area contributed by atoms with Crippen molar-refractivity contribution >= 4 is 0 Å². The fraction of sp³-hybridized carbons (Fsp3) is 0.692. The van der Waals surface area contributed by atoms with Gasteiger partial charge in [0.15, 0.2) is 5.82 Å². The van der Waals surface area contributed by atoms with Crippen LogP contribution in [0.3, 0.4) is 0 Å². The van der Waals surface area contributed by atoms with Crippen molar-refractivity contribution in [2.45, 2.75) is 58.7 Å². The molecule has 108 valence electrons. The minimum atomic E-state index is 0.380. The molecule has 3 rings (SSSR count). The maximum atomic E-state index is 5.50. The van der Waals surface area contributed by atoms with Crippen LogP contribution in [0.15, 0.2) is 4.42 Å². The lowest BCUT2D eigenvalue weighted by Gasteiger charge is -2.22. The van der Waals surface area contributed by atoms with Gasteiger partial charge in [0.2, 0.25) is 11.8 Å². The standard InChI is InChI=1S/C13H20N6O/c1-3-10-15-11-6-5-9(8-19(11)18-10)14-7-13-17-16-12(4-2)20-13/h9,14H,3-8H2,1-2H3/t9-/m1/s1. The van der Waals surface area contributed by atoms with Gasteiger partial charge in [-0.2, -0.15) is 5.10 Å². The van der Waals surface area contributed by atoms with Gasteiger partial charge in [-0.05, 0) is 6.42 Å². The van der Waals surface area contributed by atoms with Crippen LogP contribution in [-0.2, 0) is 32.4 Å². The molecule has 0 saturated carbocycles. The molecule has 0 aliphatic carbocycles. The fourth-order valence-corrected chi connectivity index (χ4v) is 2.41. The van der Waals surface area contributed by atoms with Crippen LogP contribution in [0, 0.1) is 0 Å². The molecule has 0 saturated heterocycles. The number of hydrogen-bond acceptors (Lipinski definition) is 6. The number of nitrogens with zero attached hydrogens (tertiary/aromatic N) is 5. The Morgan fingerprint density at radius 2 is 2.10 bits per heavy atom. The third kappa shape index (κ3) is 2.72. The summed E-state index contributed by atoms with van der Waals surface area (Å²) in [6, 6.07) is 0.380. The quantitative estimate of drug-likeness (QED) is 0.873. The van der Waals surface area contributed by atoms with Crippen LogP contribution in [-0.4, -0.2) is 31.0 Å². The van der Waals surface area contributed by atoms with Crippen molar-refractivity contribution in [1.29, 1.82) is 0 Å². The molecule has 3 heterocycles. The van der Waals surface area contributed by atoms with Gasteiger partial charge in [-0.3, -0.25) is 0 Å². The first kappa shape index (κ1) is 13.2. The van der Waals surface area contributed by atoms with E-state index < -0.39 is 0 Å². The summed E-state index contributed by atoms with van der Waals surface area (Å²) >= 11 is 0. The SMILES string of the molecule is CCc1nc2n(n1)C[C@H](NCc1nnc(CC)o1)CC2. The van der Waals surface area contributed by atoms with Gasteiger partial charge in [0.25, 0.3) is 0 Å². The normalized spacial score (nSPS) is 18.2. The molecule has 1 atom stereocenters. The van der Waals surface area contributed by atoms with Gasteiger partial charge in [-0.25, -0.2) is 9.67 Å². The van der Waals surface area contributed by atoms with Gasteiger partial charge in [-0.15, -0.1) is 10.2 Å². The van der Waals surface area contributed by atoms with Crippen LogP contribution in [0.1, 0.15) is 43.7 Å². The number of aryl methyl sites for hydroxylation is 3. The molecule has 0 aromatic carbocycles. The van der Waals surface area contributed by atoms with Gasteiger partial charge < -0.3 is 9.73 Å². The second-order valence-electron chi connectivity index (χ2n) is 5.04. The smallest absolute Gasteiger partial charge is 0.230 e. The number of rotatable bonds is 5. The highest BCUT2D eigenvalue weighted by atomic mass is 16.4. The minimum Gasteiger partial charge on any atom is -0.424 e. The van der Waals surface area contributed by atoms with Crippen molar-refractivity contribution in [2.75, 3.05) is 0 Å². The summed E-state index contributed by atoms with van der Waals surface area (Å²) in [4.78, 5) is 4.52. The molecule has 0 spiro atoms. The predicted molar refractivity (Wildman–Crippen MR) is 72.0 cm³/mol. The first-order valence-corrected chi connectivity index (χ1v) is 7.25. The van der Waals surface area contributed by atoms with E-state index in [1.165, 1.54) is 0 Å². The van der Waals surface area contributed by atoms with Crippen molar-refractivity contribution in [1.82, 2.24) is 30.3 Å². The molecule has 0 unspecified atom stereocenters. The highest BCUT2D eigenvalue weighted by Crippen LogP contribution is 2.14. The van der Waals surface area contributed by atoms with E-state index in [1.807, 2.05) is 11.6 Å². The molecule has 1 aliphatic heterocycles. The molecule has 2 aromatic heterocycles.